The molecule has 0 aliphatic rings. The summed E-state index contributed by atoms with van der Waals surface area (Å²) in [5.74, 6) is -0.537. The minimum atomic E-state index is -4.37. The second kappa shape index (κ2) is 7.02. The Kier molecular flexibility index (Phi) is 5.80. The average Bonchev–Trinajstić information content (AvgIpc) is 2.44. The molecule has 0 radical (unpaired) electrons. The van der Waals surface area contributed by atoms with E-state index in [1.807, 2.05) is 13.8 Å². The number of likely N-dealkylation sites (N-methyl/N-ethyl adjacent to an activating group) is 1. The number of amides is 2. The minimum Gasteiger partial charge on any atom is -0.354 e. The first kappa shape index (κ1) is 19.0. The van der Waals surface area contributed by atoms with Crippen LogP contribution in [0.5, 0.6) is 0 Å². The van der Waals surface area contributed by atoms with Gasteiger partial charge >= 0.3 is 6.18 Å². The maximum atomic E-state index is 12.6. The minimum absolute atomic E-state index is 0.0571. The van der Waals surface area contributed by atoms with Gasteiger partial charge in [0.05, 0.1) is 12.1 Å². The van der Waals surface area contributed by atoms with Crippen molar-refractivity contribution < 1.29 is 22.8 Å². The molecule has 1 N–H and O–H groups in total. The van der Waals surface area contributed by atoms with Gasteiger partial charge in [-0.05, 0) is 17.7 Å². The fourth-order valence-electron chi connectivity index (χ4n) is 1.91. The molecule has 0 spiro atoms. The van der Waals surface area contributed by atoms with E-state index in [1.54, 1.807) is 0 Å². The van der Waals surface area contributed by atoms with Crippen LogP contribution in [0.1, 0.15) is 31.9 Å². The predicted octanol–water partition coefficient (Wildman–Crippen LogP) is 2.58. The summed E-state index contributed by atoms with van der Waals surface area (Å²) >= 11 is 0. The first-order valence-electron chi connectivity index (χ1n) is 7.09. The topological polar surface area (TPSA) is 49.4 Å². The van der Waals surface area contributed by atoms with Crippen molar-refractivity contribution in [2.24, 2.45) is 0 Å². The smallest absolute Gasteiger partial charge is 0.354 e. The highest BCUT2D eigenvalue weighted by Gasteiger charge is 2.31. The molecular weight excluding hydrogens is 309 g/mol. The fraction of sp³-hybridized carbons (Fsp3) is 0.500. The number of benzene rings is 1. The van der Waals surface area contributed by atoms with E-state index in [9.17, 15) is 22.8 Å². The van der Waals surface area contributed by atoms with Crippen LogP contribution in [-0.2, 0) is 21.2 Å². The Morgan fingerprint density at radius 2 is 1.57 bits per heavy atom. The van der Waals surface area contributed by atoms with Crippen LogP contribution in [0.3, 0.4) is 0 Å². The van der Waals surface area contributed by atoms with E-state index in [-0.39, 0.29) is 24.9 Å². The van der Waals surface area contributed by atoms with E-state index >= 15 is 0 Å². The molecule has 2 amide bonds. The number of hydrogen-bond acceptors (Lipinski definition) is 2. The van der Waals surface area contributed by atoms with Crippen LogP contribution >= 0.6 is 0 Å². The average molecular weight is 330 g/mol. The number of rotatable bonds is 5. The van der Waals surface area contributed by atoms with E-state index < -0.39 is 17.2 Å². The third-order valence-electron chi connectivity index (χ3n) is 3.64. The molecule has 0 aliphatic heterocycles. The Labute approximate surface area is 133 Å². The van der Waals surface area contributed by atoms with E-state index in [2.05, 4.69) is 5.32 Å². The highest BCUT2D eigenvalue weighted by atomic mass is 19.4. The maximum absolute atomic E-state index is 12.6. The SMILES string of the molecule is CC(=O)N(C)CC(=O)NCC(C)(C)c1ccc(C(F)(F)F)cc1. The third-order valence-corrected chi connectivity index (χ3v) is 3.64. The van der Waals surface area contributed by atoms with Crippen molar-refractivity contribution >= 4 is 11.8 Å². The molecule has 0 aliphatic carbocycles. The number of hydrogen-bond donors (Lipinski definition) is 1. The molecule has 4 nitrogen and oxygen atoms in total. The van der Waals surface area contributed by atoms with Gasteiger partial charge in [-0.25, -0.2) is 0 Å². The standard InChI is InChI=1S/C16H21F3N2O2/c1-11(22)21(4)9-14(23)20-10-15(2,3)12-5-7-13(8-6-12)16(17,18)19/h5-8H,9-10H2,1-4H3,(H,20,23). The van der Waals surface area contributed by atoms with E-state index in [0.29, 0.717) is 5.56 Å². The Morgan fingerprint density at radius 3 is 2.00 bits per heavy atom. The molecule has 0 aromatic heterocycles. The Bertz CT molecular complexity index is 566. The zero-order chi connectivity index (χ0) is 17.8. The summed E-state index contributed by atoms with van der Waals surface area (Å²) in [6.45, 7) is 5.20. The van der Waals surface area contributed by atoms with E-state index in [1.165, 1.54) is 31.0 Å². The number of nitrogens with zero attached hydrogens (tertiary/aromatic N) is 1. The largest absolute Gasteiger partial charge is 0.416 e. The Morgan fingerprint density at radius 1 is 1.09 bits per heavy atom. The van der Waals surface area contributed by atoms with Crippen LogP contribution < -0.4 is 5.32 Å². The summed E-state index contributed by atoms with van der Waals surface area (Å²) in [5, 5.41) is 2.70. The van der Waals surface area contributed by atoms with Crippen molar-refractivity contribution in [1.82, 2.24) is 10.2 Å². The number of carbonyl (C=O) groups is 2. The number of carbonyl (C=O) groups excluding carboxylic acids is 2. The molecule has 1 rings (SSSR count). The highest BCUT2D eigenvalue weighted by molar-refractivity contribution is 5.83. The molecule has 7 heteroatoms. The van der Waals surface area contributed by atoms with Gasteiger partial charge in [0.1, 0.15) is 0 Å². The van der Waals surface area contributed by atoms with Gasteiger partial charge in [0.2, 0.25) is 11.8 Å². The molecule has 1 aromatic rings. The third kappa shape index (κ3) is 5.58. The molecule has 1 aromatic carbocycles. The summed E-state index contributed by atoms with van der Waals surface area (Å²) in [7, 11) is 1.52. The monoisotopic (exact) mass is 330 g/mol. The maximum Gasteiger partial charge on any atom is 0.416 e. The summed E-state index contributed by atoms with van der Waals surface area (Å²) in [6.07, 6.45) is -4.37. The van der Waals surface area contributed by atoms with Gasteiger partial charge in [-0.15, -0.1) is 0 Å². The molecule has 0 atom stereocenters. The van der Waals surface area contributed by atoms with Gasteiger partial charge < -0.3 is 10.2 Å². The summed E-state index contributed by atoms with van der Waals surface area (Å²) in [5.41, 5.74) is -0.552. The zero-order valence-electron chi connectivity index (χ0n) is 13.6. The van der Waals surface area contributed by atoms with Gasteiger partial charge in [-0.1, -0.05) is 26.0 Å². The van der Waals surface area contributed by atoms with Crippen LogP contribution in [0.25, 0.3) is 0 Å². The molecule has 0 heterocycles. The number of nitrogens with one attached hydrogen (secondary N) is 1. The summed E-state index contributed by atoms with van der Waals surface area (Å²) in [6, 6.07) is 4.89. The van der Waals surface area contributed by atoms with Crippen LogP contribution in [0.4, 0.5) is 13.2 Å². The van der Waals surface area contributed by atoms with E-state index in [4.69, 9.17) is 0 Å². The second-order valence-electron chi connectivity index (χ2n) is 6.11. The van der Waals surface area contributed by atoms with Crippen LogP contribution in [0.2, 0.25) is 0 Å². The zero-order valence-corrected chi connectivity index (χ0v) is 13.6. The highest BCUT2D eigenvalue weighted by Crippen LogP contribution is 2.31. The van der Waals surface area contributed by atoms with Crippen molar-refractivity contribution in [3.8, 4) is 0 Å². The van der Waals surface area contributed by atoms with Crippen molar-refractivity contribution in [3.05, 3.63) is 35.4 Å². The fourth-order valence-corrected chi connectivity index (χ4v) is 1.91. The molecule has 0 saturated heterocycles. The molecule has 0 fully saturated rings. The summed E-state index contributed by atoms with van der Waals surface area (Å²) < 4.78 is 37.7. The number of halogens is 3. The van der Waals surface area contributed by atoms with Gasteiger partial charge in [0.15, 0.2) is 0 Å². The Balaban J connectivity index is 2.68. The van der Waals surface area contributed by atoms with Gasteiger partial charge in [-0.2, -0.15) is 13.2 Å². The van der Waals surface area contributed by atoms with Gasteiger partial charge in [0.25, 0.3) is 0 Å². The van der Waals surface area contributed by atoms with Gasteiger partial charge in [0, 0.05) is 25.9 Å². The lowest BCUT2D eigenvalue weighted by molar-refractivity contribution is -0.137. The number of alkyl halides is 3. The van der Waals surface area contributed by atoms with Crippen LogP contribution in [0.15, 0.2) is 24.3 Å². The predicted molar refractivity (Wildman–Crippen MR) is 80.8 cm³/mol. The van der Waals surface area contributed by atoms with Crippen molar-refractivity contribution in [3.63, 3.8) is 0 Å². The lowest BCUT2D eigenvalue weighted by atomic mass is 9.84. The van der Waals surface area contributed by atoms with Gasteiger partial charge in [-0.3, -0.25) is 9.59 Å². The van der Waals surface area contributed by atoms with Crippen molar-refractivity contribution in [2.75, 3.05) is 20.1 Å². The molecule has 0 unspecified atom stereocenters. The lowest BCUT2D eigenvalue weighted by Crippen LogP contribution is -2.42. The molecule has 0 bridgehead atoms. The second-order valence-corrected chi connectivity index (χ2v) is 6.11. The van der Waals surface area contributed by atoms with Crippen molar-refractivity contribution in [1.29, 1.82) is 0 Å². The Hall–Kier alpha value is -2.05. The van der Waals surface area contributed by atoms with E-state index in [0.717, 1.165) is 12.1 Å². The molecular formula is C16H21F3N2O2. The molecule has 0 saturated carbocycles. The summed E-state index contributed by atoms with van der Waals surface area (Å²) in [4.78, 5) is 24.1. The normalized spacial score (nSPS) is 12.0. The first-order chi connectivity index (χ1) is 10.4. The van der Waals surface area contributed by atoms with Crippen LogP contribution in [0, 0.1) is 0 Å². The molecule has 23 heavy (non-hydrogen) atoms. The lowest BCUT2D eigenvalue weighted by Gasteiger charge is -2.26. The van der Waals surface area contributed by atoms with Crippen LogP contribution in [-0.4, -0.2) is 36.9 Å². The van der Waals surface area contributed by atoms with Crippen molar-refractivity contribution in [2.45, 2.75) is 32.4 Å². The quantitative estimate of drug-likeness (QED) is 0.902. The molecule has 128 valence electrons. The first-order valence-corrected chi connectivity index (χ1v) is 7.09.